The van der Waals surface area contributed by atoms with Crippen LogP contribution in [0.2, 0.25) is 0 Å². The fourth-order valence-corrected chi connectivity index (χ4v) is 1.20. The first kappa shape index (κ1) is 12.9. The Balaban J connectivity index is 3.12. The van der Waals surface area contributed by atoms with Crippen LogP contribution in [0.1, 0.15) is 5.56 Å². The van der Waals surface area contributed by atoms with E-state index in [0.29, 0.717) is 0 Å². The molecule has 0 aliphatic heterocycles. The molecule has 1 aromatic carbocycles. The summed E-state index contributed by atoms with van der Waals surface area (Å²) < 4.78 is 36.0. The van der Waals surface area contributed by atoms with E-state index in [1.54, 1.807) is 0 Å². The predicted octanol–water partition coefficient (Wildman–Crippen LogP) is 2.40. The first-order valence-corrected chi connectivity index (χ1v) is 4.35. The van der Waals surface area contributed by atoms with Crippen molar-refractivity contribution in [1.29, 1.82) is 0 Å². The van der Waals surface area contributed by atoms with Crippen molar-refractivity contribution in [2.45, 2.75) is 13.1 Å². The lowest BCUT2D eigenvalue weighted by Crippen LogP contribution is -2.30. The van der Waals surface area contributed by atoms with Crippen LogP contribution >= 0.6 is 0 Å². The van der Waals surface area contributed by atoms with Gasteiger partial charge in [0, 0.05) is 5.56 Å². The molecule has 0 aliphatic carbocycles. The molecule has 0 atom stereocenters. The molecular weight excluding hydrogens is 241 g/mol. The van der Waals surface area contributed by atoms with Gasteiger partial charge in [0.15, 0.2) is 0 Å². The van der Waals surface area contributed by atoms with E-state index in [2.05, 4.69) is 0 Å². The summed E-state index contributed by atoms with van der Waals surface area (Å²) in [6.45, 7) is 1.36. The van der Waals surface area contributed by atoms with E-state index in [1.165, 1.54) is 24.4 Å². The van der Waals surface area contributed by atoms with E-state index in [-0.39, 0.29) is 5.56 Å². The van der Waals surface area contributed by atoms with Gasteiger partial charge in [-0.3, -0.25) is 14.9 Å². The molecule has 0 aliphatic rings. The second-order valence-electron chi connectivity index (χ2n) is 3.18. The highest BCUT2D eigenvalue weighted by molar-refractivity contribution is 5.97. The topological polar surface area (TPSA) is 72.2 Å². The Bertz CT molecular complexity index is 471. The largest absolute Gasteiger partial charge is 0.471 e. The molecule has 1 amide bonds. The highest BCUT2D eigenvalue weighted by Crippen LogP contribution is 2.29. The molecule has 1 rings (SSSR count). The number of benzene rings is 1. The minimum Gasteiger partial charge on any atom is -0.312 e. The number of nitro groups is 1. The lowest BCUT2D eigenvalue weighted by Gasteiger charge is -2.09. The Labute approximate surface area is 93.4 Å². The van der Waals surface area contributed by atoms with Crippen molar-refractivity contribution >= 4 is 17.3 Å². The Morgan fingerprint density at radius 1 is 1.41 bits per heavy atom. The van der Waals surface area contributed by atoms with Gasteiger partial charge >= 0.3 is 12.1 Å². The average Bonchev–Trinajstić information content (AvgIpc) is 2.15. The summed E-state index contributed by atoms with van der Waals surface area (Å²) in [5, 5.41) is 12.1. The molecule has 1 aromatic rings. The van der Waals surface area contributed by atoms with Gasteiger partial charge in [-0.25, -0.2) is 0 Å². The molecule has 92 valence electrons. The summed E-state index contributed by atoms with van der Waals surface area (Å²) in [4.78, 5) is 20.5. The van der Waals surface area contributed by atoms with Gasteiger partial charge in [0.25, 0.3) is 5.69 Å². The maximum Gasteiger partial charge on any atom is 0.471 e. The van der Waals surface area contributed by atoms with E-state index < -0.39 is 28.4 Å². The SMILES string of the molecule is Cc1cccc(NC(=O)C(F)(F)F)c1[N+](=O)[O-]. The number of carbonyl (C=O) groups is 1. The maximum atomic E-state index is 12.0. The van der Waals surface area contributed by atoms with Crippen LogP contribution in [0.4, 0.5) is 24.5 Å². The first-order chi connectivity index (χ1) is 7.73. The lowest BCUT2D eigenvalue weighted by atomic mass is 10.1. The number of halogens is 3. The van der Waals surface area contributed by atoms with Gasteiger partial charge in [-0.2, -0.15) is 13.2 Å². The van der Waals surface area contributed by atoms with Gasteiger partial charge in [-0.05, 0) is 13.0 Å². The zero-order chi connectivity index (χ0) is 13.2. The zero-order valence-corrected chi connectivity index (χ0v) is 8.54. The number of para-hydroxylation sites is 1. The third-order valence-electron chi connectivity index (χ3n) is 1.93. The van der Waals surface area contributed by atoms with Gasteiger partial charge in [-0.15, -0.1) is 0 Å². The second kappa shape index (κ2) is 4.40. The number of alkyl halides is 3. The Kier molecular flexibility index (Phi) is 3.35. The number of aryl methyl sites for hydroxylation is 1. The van der Waals surface area contributed by atoms with Crippen LogP contribution in [-0.2, 0) is 4.79 Å². The van der Waals surface area contributed by atoms with Crippen LogP contribution in [-0.4, -0.2) is 17.0 Å². The summed E-state index contributed by atoms with van der Waals surface area (Å²) in [7, 11) is 0. The van der Waals surface area contributed by atoms with Gasteiger partial charge in [0.05, 0.1) is 4.92 Å². The Morgan fingerprint density at radius 2 is 2.00 bits per heavy atom. The molecule has 0 spiro atoms. The van der Waals surface area contributed by atoms with Crippen molar-refractivity contribution in [3.63, 3.8) is 0 Å². The van der Waals surface area contributed by atoms with Crippen LogP contribution in [0, 0.1) is 17.0 Å². The maximum absolute atomic E-state index is 12.0. The van der Waals surface area contributed by atoms with E-state index in [4.69, 9.17) is 0 Å². The second-order valence-corrected chi connectivity index (χ2v) is 3.18. The Morgan fingerprint density at radius 3 is 2.47 bits per heavy atom. The quantitative estimate of drug-likeness (QED) is 0.645. The van der Waals surface area contributed by atoms with Gasteiger partial charge in [0.1, 0.15) is 5.69 Å². The average molecular weight is 248 g/mol. The molecular formula is C9H7F3N2O3. The predicted molar refractivity (Wildman–Crippen MR) is 52.5 cm³/mol. The summed E-state index contributed by atoms with van der Waals surface area (Å²) in [6.07, 6.45) is -5.09. The standard InChI is InChI=1S/C9H7F3N2O3/c1-5-3-2-4-6(7(5)14(16)17)13-8(15)9(10,11)12/h2-4H,1H3,(H,13,15). The van der Waals surface area contributed by atoms with Gasteiger partial charge < -0.3 is 5.32 Å². The number of nitrogens with zero attached hydrogens (tertiary/aromatic N) is 1. The molecule has 5 nitrogen and oxygen atoms in total. The van der Waals surface area contributed by atoms with Crippen LogP contribution in [0.5, 0.6) is 0 Å². The zero-order valence-electron chi connectivity index (χ0n) is 8.54. The molecule has 0 heterocycles. The van der Waals surface area contributed by atoms with Crippen LogP contribution < -0.4 is 5.32 Å². The van der Waals surface area contributed by atoms with Gasteiger partial charge in [-0.1, -0.05) is 12.1 Å². The van der Waals surface area contributed by atoms with Crippen LogP contribution in [0.3, 0.4) is 0 Å². The van der Waals surface area contributed by atoms with Crippen LogP contribution in [0.25, 0.3) is 0 Å². The van der Waals surface area contributed by atoms with Crippen molar-refractivity contribution in [3.05, 3.63) is 33.9 Å². The van der Waals surface area contributed by atoms with E-state index in [0.717, 1.165) is 6.07 Å². The summed E-state index contributed by atoms with van der Waals surface area (Å²) >= 11 is 0. The number of hydrogen-bond acceptors (Lipinski definition) is 3. The molecule has 0 aromatic heterocycles. The molecule has 0 bridgehead atoms. The minimum absolute atomic E-state index is 0.162. The van der Waals surface area contributed by atoms with Crippen molar-refractivity contribution in [3.8, 4) is 0 Å². The lowest BCUT2D eigenvalue weighted by molar-refractivity contribution is -0.384. The van der Waals surface area contributed by atoms with Crippen LogP contribution in [0.15, 0.2) is 18.2 Å². The normalized spacial score (nSPS) is 11.1. The highest BCUT2D eigenvalue weighted by Gasteiger charge is 2.39. The molecule has 0 saturated heterocycles. The molecule has 17 heavy (non-hydrogen) atoms. The number of amides is 1. The van der Waals surface area contributed by atoms with Crippen molar-refractivity contribution in [2.75, 3.05) is 5.32 Å². The third kappa shape index (κ3) is 2.92. The van der Waals surface area contributed by atoms with Gasteiger partial charge in [0.2, 0.25) is 0 Å². The number of nitro benzene ring substituents is 1. The number of nitrogens with one attached hydrogen (secondary N) is 1. The molecule has 0 radical (unpaired) electrons. The first-order valence-electron chi connectivity index (χ1n) is 4.35. The number of hydrogen-bond donors (Lipinski definition) is 1. The molecule has 0 fully saturated rings. The highest BCUT2D eigenvalue weighted by atomic mass is 19.4. The summed E-state index contributed by atoms with van der Waals surface area (Å²) in [6, 6.07) is 3.71. The number of anilines is 1. The smallest absolute Gasteiger partial charge is 0.312 e. The molecule has 8 heteroatoms. The fourth-order valence-electron chi connectivity index (χ4n) is 1.20. The van der Waals surface area contributed by atoms with Crippen molar-refractivity contribution in [1.82, 2.24) is 0 Å². The molecule has 1 N–H and O–H groups in total. The van der Waals surface area contributed by atoms with E-state index in [1.807, 2.05) is 0 Å². The molecule has 0 unspecified atom stereocenters. The minimum atomic E-state index is -5.09. The number of rotatable bonds is 2. The number of carbonyl (C=O) groups excluding carboxylic acids is 1. The van der Waals surface area contributed by atoms with E-state index >= 15 is 0 Å². The fraction of sp³-hybridized carbons (Fsp3) is 0.222. The molecule has 0 saturated carbocycles. The Hall–Kier alpha value is -2.12. The third-order valence-corrected chi connectivity index (χ3v) is 1.93. The van der Waals surface area contributed by atoms with Crippen molar-refractivity contribution in [2.24, 2.45) is 0 Å². The summed E-state index contributed by atoms with van der Waals surface area (Å²) in [5.41, 5.74) is -0.864. The van der Waals surface area contributed by atoms with Crippen molar-refractivity contribution < 1.29 is 22.9 Å². The van der Waals surface area contributed by atoms with E-state index in [9.17, 15) is 28.1 Å². The monoisotopic (exact) mass is 248 g/mol. The summed E-state index contributed by atoms with van der Waals surface area (Å²) in [5.74, 6) is -2.24.